The molecule has 4 nitrogen and oxygen atoms in total. The predicted molar refractivity (Wildman–Crippen MR) is 48.9 cm³/mol. The summed E-state index contributed by atoms with van der Waals surface area (Å²) in [6.45, 7) is 0. The zero-order valence-corrected chi connectivity index (χ0v) is 7.58. The summed E-state index contributed by atoms with van der Waals surface area (Å²) in [5.41, 5.74) is 1.24. The quantitative estimate of drug-likeness (QED) is 0.670. The van der Waals surface area contributed by atoms with Crippen LogP contribution in [-0.4, -0.2) is 10.2 Å². The zero-order valence-electron chi connectivity index (χ0n) is 6.82. The van der Waals surface area contributed by atoms with Crippen molar-refractivity contribution in [2.45, 2.75) is 0 Å². The Morgan fingerprint density at radius 1 is 1.57 bits per heavy atom. The molecule has 1 aromatic carbocycles. The van der Waals surface area contributed by atoms with E-state index in [0.717, 1.165) is 0 Å². The van der Waals surface area contributed by atoms with Gasteiger partial charge in [0, 0.05) is 5.56 Å². The number of carbonyl (C=O) groups is 1. The third kappa shape index (κ3) is 1.34. The first-order chi connectivity index (χ1) is 6.70. The third-order valence-corrected chi connectivity index (χ3v) is 1.93. The molecule has 14 heavy (non-hydrogen) atoms. The fourth-order valence-corrected chi connectivity index (χ4v) is 1.22. The molecule has 0 aliphatic heterocycles. The molecular weight excluding hydrogens is 204 g/mol. The van der Waals surface area contributed by atoms with E-state index in [1.807, 2.05) is 0 Å². The largest absolute Gasteiger partial charge is 0.428 e. The van der Waals surface area contributed by atoms with Crippen LogP contribution in [0.5, 0.6) is 0 Å². The smallest absolute Gasteiger partial charge is 0.301 e. The molecule has 0 aliphatic rings. The molecule has 2 rings (SSSR count). The number of halogens is 1. The van der Waals surface area contributed by atoms with Crippen LogP contribution in [0.2, 0.25) is 0 Å². The maximum absolute atomic E-state index is 10.8. The number of oxazole rings is 1. The number of hydrogen-bond acceptors (Lipinski definition) is 4. The molecule has 0 spiro atoms. The van der Waals surface area contributed by atoms with Crippen molar-refractivity contribution < 1.29 is 9.21 Å². The van der Waals surface area contributed by atoms with E-state index in [1.165, 1.54) is 12.1 Å². The minimum absolute atomic E-state index is 0.0285. The van der Waals surface area contributed by atoms with E-state index in [1.54, 1.807) is 12.1 Å². The summed E-state index contributed by atoms with van der Waals surface area (Å²) in [5.74, 6) is -0.0285. The second-order valence-corrected chi connectivity index (χ2v) is 2.93. The topological polar surface area (TPSA) is 66.9 Å². The first-order valence-electron chi connectivity index (χ1n) is 3.71. The van der Waals surface area contributed by atoms with Gasteiger partial charge in [-0.25, -0.2) is 0 Å². The van der Waals surface area contributed by atoms with E-state index in [9.17, 15) is 4.79 Å². The lowest BCUT2D eigenvalue weighted by Gasteiger charge is -1.90. The molecule has 1 aromatic heterocycles. The van der Waals surface area contributed by atoms with E-state index in [0.29, 0.717) is 16.7 Å². The Hall–Kier alpha value is -1.86. The average Bonchev–Trinajstić information content (AvgIpc) is 2.58. The summed E-state index contributed by atoms with van der Waals surface area (Å²) < 4.78 is 5.03. The molecule has 68 valence electrons. The minimum Gasteiger partial charge on any atom is -0.428 e. The summed E-state index contributed by atoms with van der Waals surface area (Å²) in [5, 5.41) is 7.96. The van der Waals surface area contributed by atoms with Gasteiger partial charge in [0.25, 0.3) is 5.24 Å². The molecule has 0 atom stereocenters. The van der Waals surface area contributed by atoms with Gasteiger partial charge in [0.2, 0.25) is 0 Å². The number of nitriles is 1. The number of fused-ring (bicyclic) bond motifs is 1. The van der Waals surface area contributed by atoms with Gasteiger partial charge >= 0.3 is 5.89 Å². The normalized spacial score (nSPS) is 10.0. The molecule has 0 bridgehead atoms. The second kappa shape index (κ2) is 3.13. The lowest BCUT2D eigenvalue weighted by atomic mass is 10.2. The van der Waals surface area contributed by atoms with Gasteiger partial charge in [0.15, 0.2) is 11.7 Å². The van der Waals surface area contributed by atoms with Crippen LogP contribution >= 0.6 is 11.6 Å². The maximum Gasteiger partial charge on any atom is 0.301 e. The van der Waals surface area contributed by atoms with Gasteiger partial charge in [-0.2, -0.15) is 10.2 Å². The number of aromatic nitrogens is 1. The Morgan fingerprint density at radius 2 is 2.36 bits per heavy atom. The van der Waals surface area contributed by atoms with E-state index < -0.39 is 5.24 Å². The maximum atomic E-state index is 10.8. The van der Waals surface area contributed by atoms with Crippen molar-refractivity contribution in [3.05, 3.63) is 29.7 Å². The van der Waals surface area contributed by atoms with Crippen molar-refractivity contribution in [1.29, 1.82) is 5.26 Å². The summed E-state index contributed by atoms with van der Waals surface area (Å²) in [6.07, 6.45) is 0. The van der Waals surface area contributed by atoms with E-state index in [2.05, 4.69) is 4.98 Å². The number of carbonyl (C=O) groups excluding carboxylic acids is 1. The fourth-order valence-electron chi connectivity index (χ4n) is 1.10. The van der Waals surface area contributed by atoms with E-state index in [4.69, 9.17) is 21.3 Å². The third-order valence-electron chi connectivity index (χ3n) is 1.71. The van der Waals surface area contributed by atoms with Crippen LogP contribution in [0.25, 0.3) is 11.1 Å². The monoisotopic (exact) mass is 206 g/mol. The lowest BCUT2D eigenvalue weighted by molar-refractivity contribution is 0.108. The lowest BCUT2D eigenvalue weighted by Crippen LogP contribution is -1.86. The summed E-state index contributed by atoms with van der Waals surface area (Å²) in [4.78, 5) is 14.6. The molecule has 0 fully saturated rings. The van der Waals surface area contributed by atoms with Gasteiger partial charge in [-0.15, -0.1) is 0 Å². The number of hydrogen-bond donors (Lipinski definition) is 0. The van der Waals surface area contributed by atoms with Gasteiger partial charge < -0.3 is 4.42 Å². The van der Waals surface area contributed by atoms with Gasteiger partial charge in [-0.3, -0.25) is 4.79 Å². The van der Waals surface area contributed by atoms with E-state index >= 15 is 0 Å². The molecule has 0 amide bonds. The molecular formula is C9H3ClN2O2. The van der Waals surface area contributed by atoms with Crippen LogP contribution in [0.15, 0.2) is 22.6 Å². The number of nitrogens with zero attached hydrogens (tertiary/aromatic N) is 2. The Kier molecular flexibility index (Phi) is 1.95. The highest BCUT2D eigenvalue weighted by molar-refractivity contribution is 6.67. The van der Waals surface area contributed by atoms with Crippen LogP contribution in [0.4, 0.5) is 0 Å². The van der Waals surface area contributed by atoms with Crippen LogP contribution in [0.3, 0.4) is 0 Å². The SMILES string of the molecule is N#Cc1nc2cc(C(=O)Cl)ccc2o1. The van der Waals surface area contributed by atoms with Crippen LogP contribution < -0.4 is 0 Å². The molecule has 2 aromatic rings. The standard InChI is InChI=1S/C9H3ClN2O2/c10-9(13)5-1-2-7-6(3-5)12-8(4-11)14-7/h1-3H. The number of benzene rings is 1. The highest BCUT2D eigenvalue weighted by Gasteiger charge is 2.08. The summed E-state index contributed by atoms with van der Waals surface area (Å²) in [7, 11) is 0. The molecule has 0 N–H and O–H groups in total. The Labute approximate surface area is 83.7 Å². The van der Waals surface area contributed by atoms with Gasteiger partial charge in [0.1, 0.15) is 5.52 Å². The van der Waals surface area contributed by atoms with Crippen LogP contribution in [0, 0.1) is 11.3 Å². The zero-order chi connectivity index (χ0) is 10.1. The van der Waals surface area contributed by atoms with E-state index in [-0.39, 0.29) is 5.89 Å². The molecule has 0 radical (unpaired) electrons. The van der Waals surface area contributed by atoms with Crippen molar-refractivity contribution in [3.63, 3.8) is 0 Å². The fraction of sp³-hybridized carbons (Fsp3) is 0. The Morgan fingerprint density at radius 3 is 3.00 bits per heavy atom. The Bertz CT molecular complexity index is 553. The highest BCUT2D eigenvalue weighted by Crippen LogP contribution is 2.17. The molecule has 5 heteroatoms. The van der Waals surface area contributed by atoms with Crippen molar-refractivity contribution in [1.82, 2.24) is 4.98 Å². The molecule has 0 saturated carbocycles. The molecule has 0 unspecified atom stereocenters. The van der Waals surface area contributed by atoms with Gasteiger partial charge in [0.05, 0.1) is 0 Å². The Balaban J connectivity index is 2.66. The van der Waals surface area contributed by atoms with Crippen molar-refractivity contribution in [3.8, 4) is 6.07 Å². The first kappa shape index (κ1) is 8.73. The van der Waals surface area contributed by atoms with Crippen molar-refractivity contribution in [2.24, 2.45) is 0 Å². The molecule has 1 heterocycles. The van der Waals surface area contributed by atoms with Crippen LogP contribution in [-0.2, 0) is 0 Å². The summed E-state index contributed by atoms with van der Waals surface area (Å²) in [6, 6.07) is 6.32. The van der Waals surface area contributed by atoms with Crippen molar-refractivity contribution >= 4 is 27.9 Å². The molecule has 0 aliphatic carbocycles. The predicted octanol–water partition coefficient (Wildman–Crippen LogP) is 2.08. The number of rotatable bonds is 1. The second-order valence-electron chi connectivity index (χ2n) is 2.59. The van der Waals surface area contributed by atoms with Crippen LogP contribution in [0.1, 0.15) is 16.2 Å². The highest BCUT2D eigenvalue weighted by atomic mass is 35.5. The minimum atomic E-state index is -0.562. The summed E-state index contributed by atoms with van der Waals surface area (Å²) >= 11 is 5.28. The van der Waals surface area contributed by atoms with Gasteiger partial charge in [-0.05, 0) is 29.8 Å². The van der Waals surface area contributed by atoms with Gasteiger partial charge in [-0.1, -0.05) is 0 Å². The first-order valence-corrected chi connectivity index (χ1v) is 4.09. The molecule has 0 saturated heterocycles. The van der Waals surface area contributed by atoms with Crippen molar-refractivity contribution in [2.75, 3.05) is 0 Å². The average molecular weight is 207 g/mol.